The lowest BCUT2D eigenvalue weighted by atomic mass is 10.2. The minimum atomic E-state index is -4.14. The minimum absolute atomic E-state index is 0.0325. The number of hydrogen-bond acceptors (Lipinski definition) is 1. The Bertz CT molecular complexity index is 674. The molecular formula is C12H11F4IN2S. The fourth-order valence-electron chi connectivity index (χ4n) is 1.97. The summed E-state index contributed by atoms with van der Waals surface area (Å²) in [5, 5.41) is 0. The van der Waals surface area contributed by atoms with Gasteiger partial charge in [-0.15, -0.1) is 0 Å². The number of imidazole rings is 1. The first kappa shape index (κ1) is 15.7. The molecule has 2 nitrogen and oxygen atoms in total. The maximum Gasteiger partial charge on any atom is 0.389 e. The fourth-order valence-corrected chi connectivity index (χ4v) is 2.74. The molecule has 0 aliphatic heterocycles. The van der Waals surface area contributed by atoms with Crippen LogP contribution in [0.4, 0.5) is 17.6 Å². The van der Waals surface area contributed by atoms with Gasteiger partial charge in [0.2, 0.25) is 0 Å². The molecule has 0 atom stereocenters. The molecule has 110 valence electrons. The Kier molecular flexibility index (Phi) is 4.73. The molecule has 0 spiro atoms. The van der Waals surface area contributed by atoms with E-state index in [1.807, 2.05) is 22.6 Å². The van der Waals surface area contributed by atoms with Crippen LogP contribution in [-0.2, 0) is 6.54 Å². The van der Waals surface area contributed by atoms with Crippen LogP contribution < -0.4 is 0 Å². The summed E-state index contributed by atoms with van der Waals surface area (Å²) in [5.41, 5.74) is 1.27. The molecule has 0 aliphatic rings. The number of nitrogens with one attached hydrogen (secondary N) is 1. The molecule has 0 bridgehead atoms. The van der Waals surface area contributed by atoms with Gasteiger partial charge in [0.05, 0.1) is 14.6 Å². The number of nitrogens with zero attached hydrogens (tertiary/aromatic N) is 1. The molecule has 1 N–H and O–H groups in total. The summed E-state index contributed by atoms with van der Waals surface area (Å²) in [6.45, 7) is 0.342. The van der Waals surface area contributed by atoms with Gasteiger partial charge < -0.3 is 9.55 Å². The average Bonchev–Trinajstić information content (AvgIpc) is 2.60. The number of unbranched alkanes of at least 4 members (excludes halogenated alkanes) is 1. The molecule has 0 fully saturated rings. The molecule has 0 amide bonds. The van der Waals surface area contributed by atoms with Gasteiger partial charge >= 0.3 is 6.18 Å². The molecule has 1 heterocycles. The zero-order valence-electron chi connectivity index (χ0n) is 10.2. The van der Waals surface area contributed by atoms with E-state index in [-0.39, 0.29) is 12.2 Å². The maximum absolute atomic E-state index is 13.6. The highest BCUT2D eigenvalue weighted by molar-refractivity contribution is 14.1. The number of rotatable bonds is 4. The van der Waals surface area contributed by atoms with E-state index in [1.165, 1.54) is 6.07 Å². The second-order valence-corrected chi connectivity index (χ2v) is 5.99. The van der Waals surface area contributed by atoms with Crippen LogP contribution in [0.2, 0.25) is 0 Å². The van der Waals surface area contributed by atoms with Crippen molar-refractivity contribution in [3.8, 4) is 0 Å². The summed E-state index contributed by atoms with van der Waals surface area (Å²) in [5.74, 6) is -0.365. The van der Waals surface area contributed by atoms with Gasteiger partial charge in [0, 0.05) is 19.0 Å². The third-order valence-corrected chi connectivity index (χ3v) is 4.06. The second-order valence-electron chi connectivity index (χ2n) is 4.44. The van der Waals surface area contributed by atoms with Crippen molar-refractivity contribution >= 4 is 45.8 Å². The number of H-pyrrole nitrogens is 1. The van der Waals surface area contributed by atoms with Crippen LogP contribution in [0, 0.1) is 14.2 Å². The molecule has 0 saturated carbocycles. The van der Waals surface area contributed by atoms with Crippen molar-refractivity contribution in [3.63, 3.8) is 0 Å². The summed E-state index contributed by atoms with van der Waals surface area (Å²) in [6.07, 6.45) is -4.57. The molecule has 1 aromatic heterocycles. The Hall–Kier alpha value is -0.640. The monoisotopic (exact) mass is 418 g/mol. The van der Waals surface area contributed by atoms with E-state index in [4.69, 9.17) is 12.2 Å². The quantitative estimate of drug-likeness (QED) is 0.314. The number of hydrogen-bond donors (Lipinski definition) is 1. The predicted molar refractivity (Wildman–Crippen MR) is 79.7 cm³/mol. The zero-order chi connectivity index (χ0) is 14.9. The standard InChI is InChI=1S/C12H11F4IN2S/c13-7-5-10-9(6-8(7)17)18-11(20)19(10)4-2-1-3-12(14,15)16/h5-6H,1-4H2,(H,18,20). The Morgan fingerprint density at radius 3 is 2.60 bits per heavy atom. The Morgan fingerprint density at radius 1 is 1.25 bits per heavy atom. The molecule has 2 rings (SSSR count). The van der Waals surface area contributed by atoms with Crippen LogP contribution in [0.5, 0.6) is 0 Å². The van der Waals surface area contributed by atoms with Crippen molar-refractivity contribution in [2.45, 2.75) is 32.0 Å². The lowest BCUT2D eigenvalue weighted by molar-refractivity contribution is -0.135. The number of aryl methyl sites for hydroxylation is 1. The molecule has 8 heteroatoms. The van der Waals surface area contributed by atoms with Crippen molar-refractivity contribution in [2.24, 2.45) is 0 Å². The van der Waals surface area contributed by atoms with Crippen LogP contribution in [0.15, 0.2) is 12.1 Å². The largest absolute Gasteiger partial charge is 0.389 e. The fraction of sp³-hybridized carbons (Fsp3) is 0.417. The molecule has 0 unspecified atom stereocenters. The van der Waals surface area contributed by atoms with Crippen molar-refractivity contribution in [1.29, 1.82) is 0 Å². The van der Waals surface area contributed by atoms with Gasteiger partial charge in [-0.3, -0.25) is 0 Å². The molecule has 0 saturated heterocycles. The van der Waals surface area contributed by atoms with E-state index in [9.17, 15) is 17.6 Å². The topological polar surface area (TPSA) is 20.7 Å². The Balaban J connectivity index is 2.16. The maximum atomic E-state index is 13.6. The van der Waals surface area contributed by atoms with Crippen molar-refractivity contribution in [2.75, 3.05) is 0 Å². The molecule has 0 radical (unpaired) electrons. The summed E-state index contributed by atoms with van der Waals surface area (Å²) in [4.78, 5) is 2.94. The summed E-state index contributed by atoms with van der Waals surface area (Å²) in [7, 11) is 0. The molecule has 1 aromatic carbocycles. The van der Waals surface area contributed by atoms with Crippen molar-refractivity contribution < 1.29 is 17.6 Å². The second kappa shape index (κ2) is 6.00. The lowest BCUT2D eigenvalue weighted by Crippen LogP contribution is -2.07. The predicted octanol–water partition coefficient (Wildman–Crippen LogP) is 5.18. The van der Waals surface area contributed by atoms with E-state index < -0.39 is 12.6 Å². The van der Waals surface area contributed by atoms with Crippen molar-refractivity contribution in [3.05, 3.63) is 26.3 Å². The first-order chi connectivity index (χ1) is 9.28. The number of halogens is 5. The Labute approximate surface area is 131 Å². The third-order valence-electron chi connectivity index (χ3n) is 2.91. The summed E-state index contributed by atoms with van der Waals surface area (Å²) in [6, 6.07) is 2.99. The normalized spacial score (nSPS) is 12.2. The highest BCUT2D eigenvalue weighted by Gasteiger charge is 2.25. The number of alkyl halides is 3. The van der Waals surface area contributed by atoms with Gasteiger partial charge in [-0.05, 0) is 53.7 Å². The van der Waals surface area contributed by atoms with E-state index in [2.05, 4.69) is 4.98 Å². The highest BCUT2D eigenvalue weighted by atomic mass is 127. The summed E-state index contributed by atoms with van der Waals surface area (Å²) >= 11 is 7.00. The lowest BCUT2D eigenvalue weighted by Gasteiger charge is -2.07. The average molecular weight is 418 g/mol. The van der Waals surface area contributed by atoms with E-state index in [1.54, 1.807) is 10.6 Å². The van der Waals surface area contributed by atoms with Gasteiger partial charge in [-0.1, -0.05) is 0 Å². The molecule has 0 aliphatic carbocycles. The SMILES string of the molecule is Fc1cc2c(cc1I)[nH]c(=S)n2CCCCC(F)(F)F. The molecule has 2 aromatic rings. The zero-order valence-corrected chi connectivity index (χ0v) is 13.2. The van der Waals surface area contributed by atoms with E-state index in [0.717, 1.165) is 0 Å². The highest BCUT2D eigenvalue weighted by Crippen LogP contribution is 2.24. The first-order valence-corrected chi connectivity index (χ1v) is 7.41. The smallest absolute Gasteiger partial charge is 0.331 e. The van der Waals surface area contributed by atoms with Gasteiger partial charge in [0.15, 0.2) is 4.77 Å². The van der Waals surface area contributed by atoms with Crippen LogP contribution in [0.1, 0.15) is 19.3 Å². The molecular weight excluding hydrogens is 407 g/mol. The van der Waals surface area contributed by atoms with E-state index >= 15 is 0 Å². The number of aromatic amines is 1. The summed E-state index contributed by atoms with van der Waals surface area (Å²) < 4.78 is 52.3. The van der Waals surface area contributed by atoms with E-state index in [0.29, 0.717) is 32.3 Å². The van der Waals surface area contributed by atoms with Gasteiger partial charge in [-0.2, -0.15) is 13.2 Å². The van der Waals surface area contributed by atoms with Crippen LogP contribution in [0.25, 0.3) is 11.0 Å². The first-order valence-electron chi connectivity index (χ1n) is 5.92. The number of benzene rings is 1. The van der Waals surface area contributed by atoms with Gasteiger partial charge in [-0.25, -0.2) is 4.39 Å². The van der Waals surface area contributed by atoms with Crippen LogP contribution in [0.3, 0.4) is 0 Å². The van der Waals surface area contributed by atoms with Gasteiger partial charge in [0.25, 0.3) is 0 Å². The number of aromatic nitrogens is 2. The molecule has 20 heavy (non-hydrogen) atoms. The Morgan fingerprint density at radius 2 is 1.95 bits per heavy atom. The van der Waals surface area contributed by atoms with Crippen LogP contribution >= 0.6 is 34.8 Å². The van der Waals surface area contributed by atoms with Crippen LogP contribution in [-0.4, -0.2) is 15.7 Å². The van der Waals surface area contributed by atoms with Crippen molar-refractivity contribution in [1.82, 2.24) is 9.55 Å². The number of fused-ring (bicyclic) bond motifs is 1. The third kappa shape index (κ3) is 3.72. The minimum Gasteiger partial charge on any atom is -0.331 e. The van der Waals surface area contributed by atoms with Gasteiger partial charge in [0.1, 0.15) is 5.82 Å².